The molecule has 4 heterocycles. The highest BCUT2D eigenvalue weighted by molar-refractivity contribution is 6.32. The predicted octanol–water partition coefficient (Wildman–Crippen LogP) is 2.66. The molecule has 1 saturated carbocycles. The molecule has 0 radical (unpaired) electrons. The number of hydrogen-bond acceptors (Lipinski definition) is 9. The third-order valence-electron chi connectivity index (χ3n) is 6.87. The number of aromatic nitrogens is 3. The Morgan fingerprint density at radius 3 is 2.75 bits per heavy atom. The van der Waals surface area contributed by atoms with Crippen molar-refractivity contribution in [1.29, 1.82) is 0 Å². The maximum absolute atomic E-state index is 13.3. The molecule has 3 aromatic rings. The van der Waals surface area contributed by atoms with Crippen LogP contribution in [0.3, 0.4) is 0 Å². The van der Waals surface area contributed by atoms with Crippen molar-refractivity contribution in [1.82, 2.24) is 25.4 Å². The van der Waals surface area contributed by atoms with Crippen LogP contribution in [0, 0.1) is 0 Å². The fourth-order valence-corrected chi connectivity index (χ4v) is 5.01. The fraction of sp³-hybridized carbons (Fsp3) is 0.333. The van der Waals surface area contributed by atoms with E-state index in [9.17, 15) is 14.4 Å². The van der Waals surface area contributed by atoms with Crippen molar-refractivity contribution in [3.8, 4) is 17.3 Å². The van der Waals surface area contributed by atoms with Gasteiger partial charge >= 0.3 is 6.01 Å². The van der Waals surface area contributed by atoms with Crippen LogP contribution < -0.4 is 15.4 Å². The van der Waals surface area contributed by atoms with E-state index in [1.807, 2.05) is 12.1 Å². The van der Waals surface area contributed by atoms with Gasteiger partial charge in [0, 0.05) is 41.4 Å². The first-order valence-corrected chi connectivity index (χ1v) is 11.8. The quantitative estimate of drug-likeness (QED) is 0.481. The Bertz CT molecular complexity index is 1400. The number of imide groups is 1. The molecule has 2 aromatic heterocycles. The third kappa shape index (κ3) is 3.76. The lowest BCUT2D eigenvalue weighted by atomic mass is 9.99. The number of fused-ring (bicyclic) bond motifs is 1. The molecule has 36 heavy (non-hydrogen) atoms. The Morgan fingerprint density at radius 1 is 1.22 bits per heavy atom. The molecule has 3 amide bonds. The van der Waals surface area contributed by atoms with Gasteiger partial charge in [-0.2, -0.15) is 0 Å². The summed E-state index contributed by atoms with van der Waals surface area (Å²) in [4.78, 5) is 42.8. The van der Waals surface area contributed by atoms with Crippen molar-refractivity contribution in [3.63, 3.8) is 0 Å². The first-order valence-electron chi connectivity index (χ1n) is 11.5. The largest absolute Gasteiger partial charge is 0.481 e. The van der Waals surface area contributed by atoms with Gasteiger partial charge in [0.05, 0.1) is 18.2 Å². The number of ether oxygens (including phenoxy) is 1. The SMILES string of the molecule is COc1ccc(-c2nnc(NC3(c4cc(Cl)c5c(c4)C(=O)N(C4CCC(=O)NC4=O)C5)CC3)o2)cn1. The average molecular weight is 509 g/mol. The predicted molar refractivity (Wildman–Crippen MR) is 126 cm³/mol. The zero-order chi connectivity index (χ0) is 25.0. The number of benzene rings is 1. The molecule has 2 aliphatic heterocycles. The number of pyridine rings is 1. The second-order valence-corrected chi connectivity index (χ2v) is 9.50. The van der Waals surface area contributed by atoms with Crippen LogP contribution in [0.25, 0.3) is 11.5 Å². The maximum atomic E-state index is 13.3. The van der Waals surface area contributed by atoms with Crippen molar-refractivity contribution in [2.45, 2.75) is 43.8 Å². The average Bonchev–Trinajstić information content (AvgIpc) is 3.37. The highest BCUT2D eigenvalue weighted by Crippen LogP contribution is 2.50. The molecule has 11 nitrogen and oxygen atoms in total. The summed E-state index contributed by atoms with van der Waals surface area (Å²) >= 11 is 6.62. The van der Waals surface area contributed by atoms with Crippen LogP contribution in [-0.4, -0.2) is 51.0 Å². The topological polar surface area (TPSA) is 140 Å². The zero-order valence-electron chi connectivity index (χ0n) is 19.2. The van der Waals surface area contributed by atoms with Crippen LogP contribution in [0.4, 0.5) is 6.01 Å². The normalized spacial score (nSPS) is 20.2. The molecule has 2 fully saturated rings. The molecule has 1 unspecified atom stereocenters. The Morgan fingerprint density at radius 2 is 2.06 bits per heavy atom. The third-order valence-corrected chi connectivity index (χ3v) is 7.20. The number of halogens is 1. The number of nitrogens with zero attached hydrogens (tertiary/aromatic N) is 4. The Kier molecular flexibility index (Phi) is 5.18. The summed E-state index contributed by atoms with van der Waals surface area (Å²) in [5.74, 6) is -0.261. The Labute approximate surface area is 210 Å². The molecule has 3 aliphatic rings. The minimum absolute atomic E-state index is 0.196. The van der Waals surface area contributed by atoms with Crippen LogP contribution in [0.5, 0.6) is 5.88 Å². The van der Waals surface area contributed by atoms with Gasteiger partial charge in [0.15, 0.2) is 0 Å². The molecule has 0 spiro atoms. The highest BCUT2D eigenvalue weighted by Gasteiger charge is 2.48. The number of rotatable bonds is 6. The minimum atomic E-state index is -0.695. The first-order chi connectivity index (χ1) is 17.4. The molecule has 1 saturated heterocycles. The van der Waals surface area contributed by atoms with E-state index in [1.54, 1.807) is 18.3 Å². The van der Waals surface area contributed by atoms with Crippen molar-refractivity contribution >= 4 is 35.3 Å². The van der Waals surface area contributed by atoms with Gasteiger partial charge in [-0.3, -0.25) is 19.7 Å². The van der Waals surface area contributed by atoms with E-state index in [2.05, 4.69) is 25.8 Å². The molecule has 6 rings (SSSR count). The lowest BCUT2D eigenvalue weighted by molar-refractivity contribution is -0.136. The van der Waals surface area contributed by atoms with E-state index < -0.39 is 17.5 Å². The van der Waals surface area contributed by atoms with Gasteiger partial charge in [-0.05, 0) is 43.0 Å². The van der Waals surface area contributed by atoms with Crippen LogP contribution >= 0.6 is 11.6 Å². The summed E-state index contributed by atoms with van der Waals surface area (Å²) in [5, 5.41) is 14.3. The zero-order valence-corrected chi connectivity index (χ0v) is 20.0. The fourth-order valence-electron chi connectivity index (χ4n) is 4.73. The van der Waals surface area contributed by atoms with E-state index in [0.717, 1.165) is 18.4 Å². The van der Waals surface area contributed by atoms with Crippen LogP contribution in [-0.2, 0) is 21.7 Å². The summed E-state index contributed by atoms with van der Waals surface area (Å²) < 4.78 is 10.9. The number of hydrogen-bond donors (Lipinski definition) is 2. The molecule has 1 atom stereocenters. The number of piperidine rings is 1. The summed E-state index contributed by atoms with van der Waals surface area (Å²) in [5.41, 5.74) is 2.13. The standard InChI is InChI=1S/C24H21ClN6O5/c1-35-19-5-2-12(10-26-19)21-29-30-23(36-21)28-24(6-7-24)13-8-14-15(16(25)9-13)11-31(22(14)34)17-3-4-18(32)27-20(17)33/h2,5,8-10,17H,3-4,6-7,11H2,1H3,(H,28,30)(H,27,32,33). The Balaban J connectivity index is 1.23. The van der Waals surface area contributed by atoms with Gasteiger partial charge in [0.25, 0.3) is 11.8 Å². The van der Waals surface area contributed by atoms with Gasteiger partial charge in [-0.25, -0.2) is 4.98 Å². The van der Waals surface area contributed by atoms with E-state index >= 15 is 0 Å². The number of anilines is 1. The summed E-state index contributed by atoms with van der Waals surface area (Å²) in [6.45, 7) is 0.225. The second kappa shape index (κ2) is 8.30. The number of nitrogens with one attached hydrogen (secondary N) is 2. The highest BCUT2D eigenvalue weighted by atomic mass is 35.5. The monoisotopic (exact) mass is 508 g/mol. The molecule has 12 heteroatoms. The number of carbonyl (C=O) groups is 3. The van der Waals surface area contributed by atoms with Crippen LogP contribution in [0.1, 0.15) is 47.2 Å². The molecule has 184 valence electrons. The number of methoxy groups -OCH3 is 1. The number of amides is 3. The summed E-state index contributed by atoms with van der Waals surface area (Å²) in [6.07, 6.45) is 3.65. The molecule has 0 bridgehead atoms. The van der Waals surface area contributed by atoms with Crippen molar-refractivity contribution in [3.05, 3.63) is 52.2 Å². The van der Waals surface area contributed by atoms with Gasteiger partial charge < -0.3 is 19.4 Å². The Hall–Kier alpha value is -3.99. The summed E-state index contributed by atoms with van der Waals surface area (Å²) in [6, 6.07) is 6.69. The van der Waals surface area contributed by atoms with E-state index in [0.29, 0.717) is 39.9 Å². The van der Waals surface area contributed by atoms with Crippen LogP contribution in [0.2, 0.25) is 5.02 Å². The van der Waals surface area contributed by atoms with Gasteiger partial charge in [-0.15, -0.1) is 5.10 Å². The van der Waals surface area contributed by atoms with E-state index in [-0.39, 0.29) is 30.8 Å². The lowest BCUT2D eigenvalue weighted by Crippen LogP contribution is -2.52. The van der Waals surface area contributed by atoms with Gasteiger partial charge in [0.1, 0.15) is 6.04 Å². The molecule has 1 aromatic carbocycles. The molecular formula is C24H21ClN6O5. The first kappa shape index (κ1) is 22.5. The van der Waals surface area contributed by atoms with Crippen molar-refractivity contribution in [2.75, 3.05) is 12.4 Å². The lowest BCUT2D eigenvalue weighted by Gasteiger charge is -2.29. The maximum Gasteiger partial charge on any atom is 0.316 e. The number of carbonyl (C=O) groups excluding carboxylic acids is 3. The molecule has 2 N–H and O–H groups in total. The molecular weight excluding hydrogens is 488 g/mol. The minimum Gasteiger partial charge on any atom is -0.481 e. The second-order valence-electron chi connectivity index (χ2n) is 9.09. The van der Waals surface area contributed by atoms with Gasteiger partial charge in [-0.1, -0.05) is 16.7 Å². The van der Waals surface area contributed by atoms with Crippen LogP contribution in [0.15, 0.2) is 34.9 Å². The smallest absolute Gasteiger partial charge is 0.316 e. The van der Waals surface area contributed by atoms with Crippen molar-refractivity contribution in [2.24, 2.45) is 0 Å². The molecule has 1 aliphatic carbocycles. The van der Waals surface area contributed by atoms with Gasteiger partial charge in [0.2, 0.25) is 17.7 Å². The van der Waals surface area contributed by atoms with E-state index in [4.69, 9.17) is 20.8 Å². The van der Waals surface area contributed by atoms with Crippen molar-refractivity contribution < 1.29 is 23.5 Å². The van der Waals surface area contributed by atoms with E-state index in [1.165, 1.54) is 12.0 Å². The summed E-state index contributed by atoms with van der Waals surface area (Å²) in [7, 11) is 1.54.